The molecule has 2 aromatic heterocycles. The van der Waals surface area contributed by atoms with E-state index in [0.717, 1.165) is 6.20 Å². The minimum absolute atomic E-state index is 0.101. The molecular weight excluding hydrogens is 232 g/mol. The van der Waals surface area contributed by atoms with Gasteiger partial charge >= 0.3 is 0 Å². The fourth-order valence-electron chi connectivity index (χ4n) is 1.17. The van der Waals surface area contributed by atoms with Gasteiger partial charge in [0.15, 0.2) is 5.82 Å². The summed E-state index contributed by atoms with van der Waals surface area (Å²) in [5.41, 5.74) is -0.282. The average molecular weight is 240 g/mol. The number of hydrogen-bond acceptors (Lipinski definition) is 4. The first kappa shape index (κ1) is 10.6. The van der Waals surface area contributed by atoms with Crippen LogP contribution in [-0.4, -0.2) is 23.2 Å². The van der Waals surface area contributed by atoms with Crippen molar-refractivity contribution in [3.8, 4) is 5.82 Å². The molecule has 2 heterocycles. The van der Waals surface area contributed by atoms with Crippen LogP contribution in [0.25, 0.3) is 5.82 Å². The number of aromatic nitrogens is 3. The van der Waals surface area contributed by atoms with Gasteiger partial charge in [-0.2, -0.15) is 0 Å². The van der Waals surface area contributed by atoms with Crippen molar-refractivity contribution in [2.75, 3.05) is 0 Å². The van der Waals surface area contributed by atoms with Gasteiger partial charge in [0.25, 0.3) is 5.56 Å². The molecule has 84 valence electrons. The Hall–Kier alpha value is -1.93. The molecule has 7 nitrogen and oxygen atoms in total. The van der Waals surface area contributed by atoms with E-state index in [1.165, 1.54) is 29.1 Å². The number of sulfonamides is 1. The molecule has 0 fully saturated rings. The molecule has 16 heavy (non-hydrogen) atoms. The van der Waals surface area contributed by atoms with Crippen LogP contribution in [0.1, 0.15) is 0 Å². The van der Waals surface area contributed by atoms with Gasteiger partial charge in [0.2, 0.25) is 10.0 Å². The van der Waals surface area contributed by atoms with Gasteiger partial charge in [-0.1, -0.05) is 0 Å². The Morgan fingerprint density at radius 1 is 1.31 bits per heavy atom. The summed E-state index contributed by atoms with van der Waals surface area (Å²) >= 11 is 0. The van der Waals surface area contributed by atoms with Crippen molar-refractivity contribution >= 4 is 10.0 Å². The molecule has 8 heteroatoms. The van der Waals surface area contributed by atoms with Crippen LogP contribution in [0.15, 0.2) is 40.3 Å². The van der Waals surface area contributed by atoms with Crippen LogP contribution in [0.5, 0.6) is 0 Å². The smallest absolute Gasteiger partial charge is 0.272 e. The molecule has 0 atom stereocenters. The molecule has 0 amide bonds. The highest BCUT2D eigenvalue weighted by atomic mass is 32.2. The molecule has 0 unspecified atom stereocenters. The summed E-state index contributed by atoms with van der Waals surface area (Å²) < 4.78 is 23.1. The summed E-state index contributed by atoms with van der Waals surface area (Å²) in [6.45, 7) is 0. The lowest BCUT2D eigenvalue weighted by Crippen LogP contribution is -2.16. The second kappa shape index (κ2) is 3.58. The van der Waals surface area contributed by atoms with Crippen LogP contribution < -0.4 is 10.7 Å². The minimum atomic E-state index is -3.76. The third-order valence-electron chi connectivity index (χ3n) is 1.93. The van der Waals surface area contributed by atoms with Gasteiger partial charge in [-0.3, -0.25) is 9.89 Å². The van der Waals surface area contributed by atoms with Gasteiger partial charge < -0.3 is 0 Å². The number of nitrogens with two attached hydrogens (primary N) is 1. The molecule has 0 aliphatic rings. The van der Waals surface area contributed by atoms with Gasteiger partial charge in [0.1, 0.15) is 4.90 Å². The highest BCUT2D eigenvalue weighted by molar-refractivity contribution is 7.89. The summed E-state index contributed by atoms with van der Waals surface area (Å²) in [4.78, 5) is 15.0. The highest BCUT2D eigenvalue weighted by Gasteiger charge is 2.08. The van der Waals surface area contributed by atoms with Gasteiger partial charge in [0, 0.05) is 18.5 Å². The van der Waals surface area contributed by atoms with Crippen molar-refractivity contribution in [1.29, 1.82) is 0 Å². The summed E-state index contributed by atoms with van der Waals surface area (Å²) in [6.07, 6.45) is 2.55. The third kappa shape index (κ3) is 1.88. The maximum absolute atomic E-state index is 11.3. The lowest BCUT2D eigenvalue weighted by Gasteiger charge is -2.01. The van der Waals surface area contributed by atoms with E-state index in [9.17, 15) is 13.2 Å². The summed E-state index contributed by atoms with van der Waals surface area (Å²) in [6, 6.07) is 4.00. The largest absolute Gasteiger partial charge is 0.297 e. The predicted molar refractivity (Wildman–Crippen MR) is 55.6 cm³/mol. The molecule has 2 aromatic rings. The van der Waals surface area contributed by atoms with Crippen molar-refractivity contribution in [2.45, 2.75) is 4.90 Å². The van der Waals surface area contributed by atoms with Crippen LogP contribution in [0.4, 0.5) is 0 Å². The first-order chi connectivity index (χ1) is 7.48. The van der Waals surface area contributed by atoms with E-state index in [2.05, 4.69) is 10.1 Å². The molecule has 0 aromatic carbocycles. The maximum atomic E-state index is 11.3. The molecule has 0 spiro atoms. The monoisotopic (exact) mass is 240 g/mol. The van der Waals surface area contributed by atoms with Crippen molar-refractivity contribution in [3.63, 3.8) is 0 Å². The Balaban J connectivity index is 2.49. The van der Waals surface area contributed by atoms with E-state index < -0.39 is 10.0 Å². The van der Waals surface area contributed by atoms with Gasteiger partial charge in [-0.25, -0.2) is 23.2 Å². The summed E-state index contributed by atoms with van der Waals surface area (Å²) in [7, 11) is -3.76. The molecule has 0 saturated carbocycles. The topological polar surface area (TPSA) is 111 Å². The molecular formula is C8H8N4O3S. The maximum Gasteiger partial charge on any atom is 0.272 e. The SMILES string of the molecule is NS(=O)(=O)c1ccc(-n2[nH]ccc2=O)nc1. The van der Waals surface area contributed by atoms with Crippen LogP contribution in [0.2, 0.25) is 0 Å². The molecule has 3 N–H and O–H groups in total. The van der Waals surface area contributed by atoms with Crippen LogP contribution in [-0.2, 0) is 10.0 Å². The Bertz CT molecular complexity index is 653. The van der Waals surface area contributed by atoms with Crippen molar-refractivity contribution in [1.82, 2.24) is 14.8 Å². The van der Waals surface area contributed by atoms with Crippen LogP contribution in [0.3, 0.4) is 0 Å². The number of H-pyrrole nitrogens is 1. The normalized spacial score (nSPS) is 11.6. The summed E-state index contributed by atoms with van der Waals surface area (Å²) in [5.74, 6) is 0.294. The number of nitrogens with one attached hydrogen (secondary N) is 1. The first-order valence-electron chi connectivity index (χ1n) is 4.24. The Morgan fingerprint density at radius 2 is 2.06 bits per heavy atom. The van der Waals surface area contributed by atoms with Crippen LogP contribution in [0, 0.1) is 0 Å². The van der Waals surface area contributed by atoms with Crippen molar-refractivity contribution < 1.29 is 8.42 Å². The second-order valence-electron chi connectivity index (χ2n) is 3.03. The van der Waals surface area contributed by atoms with E-state index in [-0.39, 0.29) is 10.5 Å². The first-order valence-corrected chi connectivity index (χ1v) is 5.79. The predicted octanol–water partition coefficient (Wildman–Crippen LogP) is -0.792. The van der Waals surface area contributed by atoms with Crippen LogP contribution >= 0.6 is 0 Å². The van der Waals surface area contributed by atoms with E-state index in [1.54, 1.807) is 0 Å². The third-order valence-corrected chi connectivity index (χ3v) is 2.83. The quantitative estimate of drug-likeness (QED) is 0.716. The van der Waals surface area contributed by atoms with Gasteiger partial charge in [0.05, 0.1) is 0 Å². The number of pyridine rings is 1. The number of rotatable bonds is 2. The number of nitrogens with zero attached hydrogens (tertiary/aromatic N) is 2. The zero-order valence-electron chi connectivity index (χ0n) is 7.99. The Kier molecular flexibility index (Phi) is 2.37. The molecule has 2 rings (SSSR count). The average Bonchev–Trinajstić information content (AvgIpc) is 2.63. The Morgan fingerprint density at radius 3 is 2.50 bits per heavy atom. The summed E-state index contributed by atoms with van der Waals surface area (Å²) in [5, 5.41) is 7.55. The molecule has 0 saturated heterocycles. The number of primary sulfonamides is 1. The second-order valence-corrected chi connectivity index (χ2v) is 4.59. The lowest BCUT2D eigenvalue weighted by atomic mass is 10.4. The fraction of sp³-hybridized carbons (Fsp3) is 0. The van der Waals surface area contributed by atoms with Gasteiger partial charge in [-0.05, 0) is 12.1 Å². The van der Waals surface area contributed by atoms with Crippen molar-refractivity contribution in [3.05, 3.63) is 40.9 Å². The van der Waals surface area contributed by atoms with Crippen molar-refractivity contribution in [2.24, 2.45) is 5.14 Å². The van der Waals surface area contributed by atoms with E-state index >= 15 is 0 Å². The fourth-order valence-corrected chi connectivity index (χ4v) is 1.63. The molecule has 0 aliphatic carbocycles. The molecule has 0 radical (unpaired) electrons. The lowest BCUT2D eigenvalue weighted by molar-refractivity contribution is 0.597. The minimum Gasteiger partial charge on any atom is -0.297 e. The molecule has 0 aliphatic heterocycles. The number of hydrogen-bond donors (Lipinski definition) is 2. The van der Waals surface area contributed by atoms with E-state index in [0.29, 0.717) is 5.82 Å². The van der Waals surface area contributed by atoms with Gasteiger partial charge in [-0.15, -0.1) is 0 Å². The highest BCUT2D eigenvalue weighted by Crippen LogP contribution is 2.06. The van der Waals surface area contributed by atoms with E-state index in [4.69, 9.17) is 5.14 Å². The standard InChI is InChI=1S/C8H8N4O3S/c9-16(14,15)6-1-2-7(10-5-6)12-8(13)3-4-11-12/h1-5,11H,(H2,9,14,15). The number of aromatic amines is 1. The van der Waals surface area contributed by atoms with E-state index in [1.807, 2.05) is 0 Å². The zero-order chi connectivity index (χ0) is 11.8. The molecule has 0 bridgehead atoms. The zero-order valence-corrected chi connectivity index (χ0v) is 8.81. The Labute approximate surface area is 90.6 Å².